The summed E-state index contributed by atoms with van der Waals surface area (Å²) in [5.41, 5.74) is 1.17. The first-order valence-electron chi connectivity index (χ1n) is 11.0. The van der Waals surface area contributed by atoms with Crippen molar-refractivity contribution in [1.29, 1.82) is 0 Å². The van der Waals surface area contributed by atoms with Crippen LogP contribution >= 0.6 is 0 Å². The number of nitrogens with zero attached hydrogens (tertiary/aromatic N) is 1. The van der Waals surface area contributed by atoms with E-state index in [0.717, 1.165) is 37.9 Å². The zero-order valence-corrected chi connectivity index (χ0v) is 19.2. The van der Waals surface area contributed by atoms with Crippen LogP contribution in [0.5, 0.6) is 5.75 Å². The van der Waals surface area contributed by atoms with E-state index in [2.05, 4.69) is 49.4 Å². The highest BCUT2D eigenvalue weighted by atomic mass is 16.6. The van der Waals surface area contributed by atoms with Crippen molar-refractivity contribution in [3.63, 3.8) is 0 Å². The molecule has 1 aromatic rings. The summed E-state index contributed by atoms with van der Waals surface area (Å²) in [7, 11) is 2.14. The lowest BCUT2D eigenvalue weighted by atomic mass is 9.74. The van der Waals surface area contributed by atoms with E-state index >= 15 is 0 Å². The number of nitrogens with one attached hydrogen (secondary N) is 2. The summed E-state index contributed by atoms with van der Waals surface area (Å²) in [5, 5.41) is 13.0. The minimum absolute atomic E-state index is 0.0256. The van der Waals surface area contributed by atoms with Crippen LogP contribution in [0.4, 0.5) is 4.79 Å². The number of carbonyl (C=O) groups excluding carboxylic acids is 2. The van der Waals surface area contributed by atoms with Crippen LogP contribution < -0.4 is 15.4 Å². The molecule has 1 heterocycles. The Hall–Kier alpha value is -2.61. The number of ether oxygens (including phenoxy) is 1. The van der Waals surface area contributed by atoms with Crippen molar-refractivity contribution in [3.05, 3.63) is 29.8 Å². The maximum Gasteiger partial charge on any atom is 0.413 e. The summed E-state index contributed by atoms with van der Waals surface area (Å²) in [6.45, 7) is 7.64. The maximum absolute atomic E-state index is 12.0. The minimum Gasteiger partial charge on any atom is -0.480 e. The van der Waals surface area contributed by atoms with Gasteiger partial charge in [-0.25, -0.2) is 4.79 Å². The van der Waals surface area contributed by atoms with Gasteiger partial charge in [0.05, 0.1) is 0 Å². The number of aliphatic carboxylic acids is 1. The van der Waals surface area contributed by atoms with Crippen LogP contribution in [0, 0.1) is 0 Å². The summed E-state index contributed by atoms with van der Waals surface area (Å²) >= 11 is 0. The van der Waals surface area contributed by atoms with E-state index in [4.69, 9.17) is 9.84 Å². The van der Waals surface area contributed by atoms with Crippen molar-refractivity contribution in [2.75, 3.05) is 33.2 Å². The van der Waals surface area contributed by atoms with Crippen molar-refractivity contribution in [1.82, 2.24) is 15.5 Å². The number of likely N-dealkylation sites (N-methyl/N-ethyl adjacent to an activating group) is 1. The van der Waals surface area contributed by atoms with Crippen molar-refractivity contribution in [2.45, 2.75) is 58.3 Å². The molecule has 0 radical (unpaired) electrons. The van der Waals surface area contributed by atoms with E-state index < -0.39 is 24.5 Å². The molecule has 31 heavy (non-hydrogen) atoms. The number of hydrogen-bond donors (Lipinski definition) is 3. The van der Waals surface area contributed by atoms with Gasteiger partial charge in [-0.1, -0.05) is 45.7 Å². The number of likely N-dealkylation sites (tertiary alicyclic amines) is 1. The molecular weight excluding hydrogens is 398 g/mol. The fraction of sp³-hybridized carbons (Fsp3) is 0.609. The number of carboxylic acids is 1. The second kappa shape index (κ2) is 13.6. The quantitative estimate of drug-likeness (QED) is 0.607. The Morgan fingerprint density at radius 3 is 2.48 bits per heavy atom. The molecule has 3 N–H and O–H groups in total. The smallest absolute Gasteiger partial charge is 0.413 e. The molecule has 1 aliphatic rings. The summed E-state index contributed by atoms with van der Waals surface area (Å²) in [6, 6.07) is 7.55. The molecule has 2 amide bonds. The largest absolute Gasteiger partial charge is 0.480 e. The van der Waals surface area contributed by atoms with Crippen LogP contribution in [0.1, 0.15) is 58.4 Å². The average molecular weight is 436 g/mol. The molecule has 1 aromatic carbocycles. The third-order valence-corrected chi connectivity index (χ3v) is 5.18. The van der Waals surface area contributed by atoms with Gasteiger partial charge in [0, 0.05) is 12.0 Å². The highest BCUT2D eigenvalue weighted by Gasteiger charge is 2.33. The van der Waals surface area contributed by atoms with E-state index in [-0.39, 0.29) is 12.0 Å². The molecule has 2 rings (SSSR count). The van der Waals surface area contributed by atoms with Gasteiger partial charge in [0.2, 0.25) is 5.91 Å². The fourth-order valence-corrected chi connectivity index (χ4v) is 3.67. The third-order valence-electron chi connectivity index (χ3n) is 5.18. The molecule has 8 nitrogen and oxygen atoms in total. The first kappa shape index (κ1) is 26.4. The molecule has 8 heteroatoms. The maximum atomic E-state index is 12.0. The second-order valence-corrected chi connectivity index (χ2v) is 7.98. The van der Waals surface area contributed by atoms with Crippen LogP contribution in [0.2, 0.25) is 0 Å². The molecule has 0 saturated carbocycles. The molecule has 1 saturated heterocycles. The molecule has 1 atom stereocenters. The Kier molecular flexibility index (Phi) is 11.6. The van der Waals surface area contributed by atoms with Gasteiger partial charge >= 0.3 is 12.1 Å². The Morgan fingerprint density at radius 2 is 1.84 bits per heavy atom. The van der Waals surface area contributed by atoms with Gasteiger partial charge in [-0.3, -0.25) is 9.59 Å². The number of amides is 2. The lowest BCUT2D eigenvalue weighted by Crippen LogP contribution is -2.40. The zero-order valence-electron chi connectivity index (χ0n) is 19.2. The average Bonchev–Trinajstić information content (AvgIpc) is 2.93. The van der Waals surface area contributed by atoms with E-state index in [1.54, 1.807) is 6.07 Å². The van der Waals surface area contributed by atoms with Gasteiger partial charge in [-0.2, -0.15) is 0 Å². The molecule has 174 valence electrons. The third kappa shape index (κ3) is 9.38. The van der Waals surface area contributed by atoms with E-state index in [0.29, 0.717) is 5.75 Å². The topological polar surface area (TPSA) is 108 Å². The number of carbonyl (C=O) groups is 3. The van der Waals surface area contributed by atoms with E-state index in [1.807, 2.05) is 12.1 Å². The van der Waals surface area contributed by atoms with Gasteiger partial charge < -0.3 is 25.4 Å². The van der Waals surface area contributed by atoms with Crippen molar-refractivity contribution >= 4 is 18.0 Å². The van der Waals surface area contributed by atoms with Crippen molar-refractivity contribution < 1.29 is 24.2 Å². The van der Waals surface area contributed by atoms with Crippen LogP contribution in [-0.4, -0.2) is 61.2 Å². The fourth-order valence-electron chi connectivity index (χ4n) is 3.67. The highest BCUT2D eigenvalue weighted by molar-refractivity contribution is 5.85. The van der Waals surface area contributed by atoms with Crippen LogP contribution in [0.15, 0.2) is 24.3 Å². The monoisotopic (exact) mass is 435 g/mol. The SMILES string of the molecule is CCC.CCC1(c2cccc(OC(=O)NCC(=O)NCC(=O)O)c2)CCCCN(C)C1. The molecule has 1 fully saturated rings. The molecule has 0 bridgehead atoms. The summed E-state index contributed by atoms with van der Waals surface area (Å²) in [5.74, 6) is -1.33. The van der Waals surface area contributed by atoms with Gasteiger partial charge in [-0.15, -0.1) is 0 Å². The van der Waals surface area contributed by atoms with Gasteiger partial charge in [0.15, 0.2) is 0 Å². The summed E-state index contributed by atoms with van der Waals surface area (Å²) in [6.07, 6.45) is 4.92. The van der Waals surface area contributed by atoms with Gasteiger partial charge in [0.1, 0.15) is 18.8 Å². The zero-order chi connectivity index (χ0) is 23.3. The normalized spacial score (nSPS) is 18.7. The van der Waals surface area contributed by atoms with Crippen molar-refractivity contribution in [2.24, 2.45) is 0 Å². The Bertz CT molecular complexity index is 725. The van der Waals surface area contributed by atoms with E-state index in [1.165, 1.54) is 12.8 Å². The van der Waals surface area contributed by atoms with Crippen LogP contribution in [0.25, 0.3) is 0 Å². The predicted molar refractivity (Wildman–Crippen MR) is 120 cm³/mol. The second-order valence-electron chi connectivity index (χ2n) is 7.98. The van der Waals surface area contributed by atoms with Crippen LogP contribution in [0.3, 0.4) is 0 Å². The lowest BCUT2D eigenvalue weighted by Gasteiger charge is -2.35. The van der Waals surface area contributed by atoms with Gasteiger partial charge in [0.25, 0.3) is 0 Å². The summed E-state index contributed by atoms with van der Waals surface area (Å²) in [4.78, 5) is 36.2. The first-order chi connectivity index (χ1) is 14.8. The van der Waals surface area contributed by atoms with Crippen molar-refractivity contribution in [3.8, 4) is 5.75 Å². The van der Waals surface area contributed by atoms with Gasteiger partial charge in [-0.05, 0) is 50.6 Å². The molecular formula is C23H37N3O5. The minimum atomic E-state index is -1.15. The lowest BCUT2D eigenvalue weighted by molar-refractivity contribution is -0.137. The number of rotatable bonds is 7. The Labute approximate surface area is 185 Å². The Morgan fingerprint density at radius 1 is 1.13 bits per heavy atom. The standard InChI is InChI=1S/C20H29N3O5.C3H8/c1-3-20(9-4-5-10-23(2)14-20)15-7-6-8-16(11-15)28-19(27)22-12-17(24)21-13-18(25)26;1-3-2/h6-8,11H,3-5,9-10,12-14H2,1-2H3,(H,21,24)(H,22,27)(H,25,26);3H2,1-2H3. The number of carboxylic acid groups (broad SMARTS) is 1. The van der Waals surface area contributed by atoms with E-state index in [9.17, 15) is 14.4 Å². The molecule has 0 aromatic heterocycles. The molecule has 0 aliphatic carbocycles. The Balaban J connectivity index is 0.00000151. The highest BCUT2D eigenvalue weighted by Crippen LogP contribution is 2.37. The first-order valence-corrected chi connectivity index (χ1v) is 11.0. The molecule has 0 spiro atoms. The number of hydrogen-bond acceptors (Lipinski definition) is 5. The molecule has 1 unspecified atom stereocenters. The number of benzene rings is 1. The van der Waals surface area contributed by atoms with Crippen LogP contribution in [-0.2, 0) is 15.0 Å². The summed E-state index contributed by atoms with van der Waals surface area (Å²) < 4.78 is 5.31. The predicted octanol–water partition coefficient (Wildman–Crippen LogP) is 3.16. The molecule has 1 aliphatic heterocycles.